The predicted octanol–water partition coefficient (Wildman–Crippen LogP) is 1.66. The highest BCUT2D eigenvalue weighted by atomic mass is 16.5. The maximum Gasteiger partial charge on any atom is 0.0496 e. The van der Waals surface area contributed by atoms with Crippen molar-refractivity contribution in [2.45, 2.75) is 13.8 Å². The Hall–Kier alpha value is -0.0800. The topological polar surface area (TPSA) is 23.3 Å². The largest absolute Gasteiger partial charge is 0.665 e. The van der Waals surface area contributed by atoms with Crippen LogP contribution in [0.2, 0.25) is 0 Å². The Morgan fingerprint density at radius 3 is 2.33 bits per heavy atom. The zero-order chi connectivity index (χ0) is 7.33. The molecular weight excluding hydrogens is 114 g/mol. The standard InChI is InChI=1S/C7H16NO/c1-7(2,5-8-3)6-9-4/h5-6H2,1-4H3/q-1. The first kappa shape index (κ1) is 8.92. The summed E-state index contributed by atoms with van der Waals surface area (Å²) in [4.78, 5) is 0. The summed E-state index contributed by atoms with van der Waals surface area (Å²) in [6.45, 7) is 5.94. The second-order valence-electron chi connectivity index (χ2n) is 3.07. The summed E-state index contributed by atoms with van der Waals surface area (Å²) in [5, 5.41) is 4.05. The first-order valence-electron chi connectivity index (χ1n) is 3.17. The molecule has 0 saturated carbocycles. The van der Waals surface area contributed by atoms with Crippen LogP contribution >= 0.6 is 0 Å². The fourth-order valence-corrected chi connectivity index (χ4v) is 0.864. The zero-order valence-electron chi connectivity index (χ0n) is 6.77. The van der Waals surface area contributed by atoms with Gasteiger partial charge in [-0.25, -0.2) is 0 Å². The Kier molecular flexibility index (Phi) is 3.82. The lowest BCUT2D eigenvalue weighted by molar-refractivity contribution is 0.114. The molecule has 0 amide bonds. The van der Waals surface area contributed by atoms with Gasteiger partial charge in [0.05, 0.1) is 0 Å². The van der Waals surface area contributed by atoms with Gasteiger partial charge in [-0.15, -0.1) is 6.54 Å². The van der Waals surface area contributed by atoms with E-state index in [9.17, 15) is 0 Å². The molecule has 2 nitrogen and oxygen atoms in total. The Morgan fingerprint density at radius 1 is 1.44 bits per heavy atom. The van der Waals surface area contributed by atoms with Gasteiger partial charge in [-0.3, -0.25) is 0 Å². The van der Waals surface area contributed by atoms with E-state index in [1.807, 2.05) is 7.05 Å². The molecule has 2 heteroatoms. The molecule has 0 heterocycles. The van der Waals surface area contributed by atoms with E-state index in [4.69, 9.17) is 4.74 Å². The molecule has 0 aliphatic rings. The molecule has 0 aliphatic heterocycles. The van der Waals surface area contributed by atoms with Crippen molar-refractivity contribution in [1.82, 2.24) is 0 Å². The number of hydrogen-bond donors (Lipinski definition) is 0. The normalized spacial score (nSPS) is 12.0. The van der Waals surface area contributed by atoms with Gasteiger partial charge in [0.2, 0.25) is 0 Å². The number of rotatable bonds is 4. The van der Waals surface area contributed by atoms with E-state index in [0.29, 0.717) is 0 Å². The van der Waals surface area contributed by atoms with Crippen molar-refractivity contribution in [2.24, 2.45) is 5.41 Å². The SMILES string of the molecule is C[N-]CC(C)(C)COC. The van der Waals surface area contributed by atoms with Crippen LogP contribution in [0.25, 0.3) is 5.32 Å². The van der Waals surface area contributed by atoms with E-state index in [0.717, 1.165) is 13.2 Å². The van der Waals surface area contributed by atoms with Gasteiger partial charge < -0.3 is 10.1 Å². The van der Waals surface area contributed by atoms with Crippen molar-refractivity contribution in [3.63, 3.8) is 0 Å². The average molecular weight is 130 g/mol. The van der Waals surface area contributed by atoms with E-state index >= 15 is 0 Å². The van der Waals surface area contributed by atoms with Gasteiger partial charge in [0, 0.05) is 13.7 Å². The molecular formula is C7H16NO-. The monoisotopic (exact) mass is 130 g/mol. The Morgan fingerprint density at radius 2 is 2.00 bits per heavy atom. The molecule has 0 rings (SSSR count). The van der Waals surface area contributed by atoms with Crippen LogP contribution in [0.5, 0.6) is 0 Å². The third kappa shape index (κ3) is 4.43. The molecule has 0 aromatic heterocycles. The lowest BCUT2D eigenvalue weighted by Gasteiger charge is -2.29. The maximum atomic E-state index is 5.00. The van der Waals surface area contributed by atoms with E-state index in [1.165, 1.54) is 0 Å². The van der Waals surface area contributed by atoms with Crippen LogP contribution in [0.3, 0.4) is 0 Å². The van der Waals surface area contributed by atoms with Crippen molar-refractivity contribution in [3.05, 3.63) is 5.32 Å². The summed E-state index contributed by atoms with van der Waals surface area (Å²) in [7, 11) is 3.55. The first-order chi connectivity index (χ1) is 4.12. The first-order valence-corrected chi connectivity index (χ1v) is 3.17. The third-order valence-electron chi connectivity index (χ3n) is 1.12. The highest BCUT2D eigenvalue weighted by Gasteiger charge is 2.10. The fraction of sp³-hybridized carbons (Fsp3) is 1.00. The van der Waals surface area contributed by atoms with Gasteiger partial charge in [0.15, 0.2) is 0 Å². The maximum absolute atomic E-state index is 5.00. The summed E-state index contributed by atoms with van der Waals surface area (Å²) in [5.41, 5.74) is 0.212. The molecule has 56 valence electrons. The van der Waals surface area contributed by atoms with Crippen LogP contribution in [0, 0.1) is 5.41 Å². The zero-order valence-corrected chi connectivity index (χ0v) is 6.77. The molecule has 0 fully saturated rings. The van der Waals surface area contributed by atoms with Gasteiger partial charge in [-0.05, 0) is 5.41 Å². The summed E-state index contributed by atoms with van der Waals surface area (Å²) >= 11 is 0. The number of hydrogen-bond acceptors (Lipinski definition) is 1. The molecule has 0 unspecified atom stereocenters. The molecule has 0 atom stereocenters. The van der Waals surface area contributed by atoms with Gasteiger partial charge >= 0.3 is 0 Å². The summed E-state index contributed by atoms with van der Waals surface area (Å²) in [6.07, 6.45) is 0. The number of methoxy groups -OCH3 is 1. The molecule has 0 bridgehead atoms. The van der Waals surface area contributed by atoms with Crippen molar-refractivity contribution in [2.75, 3.05) is 27.3 Å². The average Bonchev–Trinajstić information content (AvgIpc) is 1.64. The van der Waals surface area contributed by atoms with Gasteiger partial charge in [-0.2, -0.15) is 7.05 Å². The van der Waals surface area contributed by atoms with Crippen LogP contribution in [0.15, 0.2) is 0 Å². The van der Waals surface area contributed by atoms with Crippen LogP contribution in [0.1, 0.15) is 13.8 Å². The molecule has 0 aromatic rings. The quantitative estimate of drug-likeness (QED) is 0.567. The molecule has 0 saturated heterocycles. The van der Waals surface area contributed by atoms with Gasteiger partial charge in [0.25, 0.3) is 0 Å². The second kappa shape index (κ2) is 3.85. The van der Waals surface area contributed by atoms with Gasteiger partial charge in [-0.1, -0.05) is 13.8 Å². The van der Waals surface area contributed by atoms with Crippen molar-refractivity contribution < 1.29 is 4.74 Å². The van der Waals surface area contributed by atoms with E-state index in [1.54, 1.807) is 7.11 Å². The van der Waals surface area contributed by atoms with Gasteiger partial charge in [0.1, 0.15) is 0 Å². The van der Waals surface area contributed by atoms with Crippen molar-refractivity contribution >= 4 is 0 Å². The predicted molar refractivity (Wildman–Crippen MR) is 39.8 cm³/mol. The van der Waals surface area contributed by atoms with Crippen molar-refractivity contribution in [3.8, 4) is 0 Å². The lowest BCUT2D eigenvalue weighted by atomic mass is 9.95. The Balaban J connectivity index is 3.43. The minimum Gasteiger partial charge on any atom is -0.665 e. The summed E-state index contributed by atoms with van der Waals surface area (Å²) in [5.74, 6) is 0. The van der Waals surface area contributed by atoms with Crippen LogP contribution in [-0.2, 0) is 4.74 Å². The molecule has 0 aliphatic carbocycles. The molecule has 0 radical (unpaired) electrons. The minimum absolute atomic E-state index is 0.212. The summed E-state index contributed by atoms with van der Waals surface area (Å²) < 4.78 is 5.00. The van der Waals surface area contributed by atoms with E-state index in [-0.39, 0.29) is 5.41 Å². The highest BCUT2D eigenvalue weighted by Crippen LogP contribution is 2.16. The van der Waals surface area contributed by atoms with E-state index < -0.39 is 0 Å². The molecule has 0 aromatic carbocycles. The number of nitrogens with zero attached hydrogens (tertiary/aromatic N) is 1. The summed E-state index contributed by atoms with van der Waals surface area (Å²) in [6, 6.07) is 0. The number of ether oxygens (including phenoxy) is 1. The third-order valence-corrected chi connectivity index (χ3v) is 1.12. The van der Waals surface area contributed by atoms with Crippen molar-refractivity contribution in [1.29, 1.82) is 0 Å². The molecule has 0 N–H and O–H groups in total. The lowest BCUT2D eigenvalue weighted by Crippen LogP contribution is -2.22. The van der Waals surface area contributed by atoms with E-state index in [2.05, 4.69) is 19.2 Å². The molecule has 0 spiro atoms. The second-order valence-corrected chi connectivity index (χ2v) is 3.07. The Labute approximate surface area is 57.6 Å². The minimum atomic E-state index is 0.212. The van der Waals surface area contributed by atoms with Crippen LogP contribution in [0.4, 0.5) is 0 Å². The van der Waals surface area contributed by atoms with Crippen LogP contribution < -0.4 is 0 Å². The smallest absolute Gasteiger partial charge is 0.0496 e. The highest BCUT2D eigenvalue weighted by molar-refractivity contribution is 4.82. The van der Waals surface area contributed by atoms with Crippen LogP contribution in [-0.4, -0.2) is 27.3 Å². The fourth-order valence-electron chi connectivity index (χ4n) is 0.864. The molecule has 9 heavy (non-hydrogen) atoms. The Bertz CT molecular complexity index is 63.3.